The molecule has 0 saturated carbocycles. The Morgan fingerprint density at radius 1 is 1.11 bits per heavy atom. The molecule has 0 radical (unpaired) electrons. The molecule has 1 atom stereocenters. The number of halogens is 2. The minimum Gasteiger partial charge on any atom is -0.495 e. The number of carbonyl (C=O) groups is 2. The average molecular weight is 559 g/mol. The first-order chi connectivity index (χ1) is 16.9. The first-order valence-electron chi connectivity index (χ1n) is 11.5. The lowest BCUT2D eigenvalue weighted by Crippen LogP contribution is -2.52. The van der Waals surface area contributed by atoms with Crippen LogP contribution in [0, 0.1) is 5.92 Å². The molecule has 198 valence electrons. The number of carbonyl (C=O) groups excluding carboxylic acids is 2. The molecule has 0 bridgehead atoms. The summed E-state index contributed by atoms with van der Waals surface area (Å²) in [6.07, 6.45) is 1.33. The number of methoxy groups -OCH3 is 1. The number of amides is 2. The topological polar surface area (TPSA) is 96.0 Å². The Hall–Kier alpha value is -2.49. The summed E-state index contributed by atoms with van der Waals surface area (Å²) in [5, 5.41) is 3.64. The average Bonchev–Trinajstić information content (AvgIpc) is 2.81. The van der Waals surface area contributed by atoms with Crippen molar-refractivity contribution in [2.75, 3.05) is 30.8 Å². The quantitative estimate of drug-likeness (QED) is 0.418. The lowest BCUT2D eigenvalue weighted by molar-refractivity contribution is -0.140. The standard InChI is InChI=1S/C25H33Cl2N3O5S/c1-6-21(25(32)28-14-17(2)3)29(15-18-11-12-19(26)13-20(18)27)24(31)16-30(36(5,33)34)22-9-7-8-10-23(22)35-4/h7-13,17,21H,6,14-16H2,1-5H3,(H,28,32)/t21-/m0/s1. The van der Waals surface area contributed by atoms with E-state index in [0.717, 1.165) is 10.6 Å². The van der Waals surface area contributed by atoms with Gasteiger partial charge in [0.25, 0.3) is 0 Å². The molecule has 0 heterocycles. The molecular weight excluding hydrogens is 525 g/mol. The lowest BCUT2D eigenvalue weighted by atomic mass is 10.1. The highest BCUT2D eigenvalue weighted by Crippen LogP contribution is 2.30. The van der Waals surface area contributed by atoms with Crippen molar-refractivity contribution < 1.29 is 22.7 Å². The Kier molecular flexibility index (Phi) is 10.9. The molecule has 2 rings (SSSR count). The smallest absolute Gasteiger partial charge is 0.244 e. The van der Waals surface area contributed by atoms with Crippen molar-refractivity contribution in [1.82, 2.24) is 10.2 Å². The zero-order valence-electron chi connectivity index (χ0n) is 21.1. The van der Waals surface area contributed by atoms with Crippen LogP contribution in [0.3, 0.4) is 0 Å². The van der Waals surface area contributed by atoms with E-state index in [9.17, 15) is 18.0 Å². The maximum Gasteiger partial charge on any atom is 0.244 e. The molecule has 0 fully saturated rings. The Morgan fingerprint density at radius 3 is 2.33 bits per heavy atom. The maximum atomic E-state index is 13.7. The third-order valence-electron chi connectivity index (χ3n) is 5.46. The summed E-state index contributed by atoms with van der Waals surface area (Å²) in [5.74, 6) is -0.381. The van der Waals surface area contributed by atoms with Crippen molar-refractivity contribution in [1.29, 1.82) is 0 Å². The Bertz CT molecular complexity index is 1170. The minimum atomic E-state index is -3.88. The van der Waals surface area contributed by atoms with Gasteiger partial charge in [-0.25, -0.2) is 8.42 Å². The van der Waals surface area contributed by atoms with Crippen LogP contribution in [0.25, 0.3) is 0 Å². The Balaban J connectivity index is 2.49. The van der Waals surface area contributed by atoms with Crippen molar-refractivity contribution in [3.63, 3.8) is 0 Å². The summed E-state index contributed by atoms with van der Waals surface area (Å²) >= 11 is 12.4. The van der Waals surface area contributed by atoms with E-state index in [4.69, 9.17) is 27.9 Å². The summed E-state index contributed by atoms with van der Waals surface area (Å²) < 4.78 is 31.8. The van der Waals surface area contributed by atoms with Crippen LogP contribution in [0.2, 0.25) is 10.0 Å². The number of nitrogens with one attached hydrogen (secondary N) is 1. The Labute approximate surface area is 223 Å². The number of rotatable bonds is 12. The number of nitrogens with zero attached hydrogens (tertiary/aromatic N) is 2. The first kappa shape index (κ1) is 29.7. The highest BCUT2D eigenvalue weighted by atomic mass is 35.5. The van der Waals surface area contributed by atoms with Gasteiger partial charge in [0.2, 0.25) is 21.8 Å². The van der Waals surface area contributed by atoms with E-state index in [0.29, 0.717) is 34.3 Å². The van der Waals surface area contributed by atoms with Crippen molar-refractivity contribution in [3.8, 4) is 5.75 Å². The third kappa shape index (κ3) is 8.01. The van der Waals surface area contributed by atoms with Gasteiger partial charge in [0.05, 0.1) is 19.1 Å². The molecular formula is C25H33Cl2N3O5S. The van der Waals surface area contributed by atoms with E-state index in [2.05, 4.69) is 5.32 Å². The van der Waals surface area contributed by atoms with Gasteiger partial charge in [0.1, 0.15) is 18.3 Å². The van der Waals surface area contributed by atoms with Crippen molar-refractivity contribution in [2.24, 2.45) is 5.92 Å². The van der Waals surface area contributed by atoms with Gasteiger partial charge < -0.3 is 15.0 Å². The van der Waals surface area contributed by atoms with Crippen LogP contribution in [-0.2, 0) is 26.2 Å². The molecule has 1 N–H and O–H groups in total. The minimum absolute atomic E-state index is 0.00797. The van der Waals surface area contributed by atoms with Crippen LogP contribution in [0.4, 0.5) is 5.69 Å². The summed E-state index contributed by atoms with van der Waals surface area (Å²) in [6, 6.07) is 10.5. The largest absolute Gasteiger partial charge is 0.495 e. The fourth-order valence-electron chi connectivity index (χ4n) is 3.61. The van der Waals surface area contributed by atoms with Gasteiger partial charge in [0, 0.05) is 23.1 Å². The zero-order valence-corrected chi connectivity index (χ0v) is 23.5. The van der Waals surface area contributed by atoms with E-state index < -0.39 is 28.5 Å². The zero-order chi connectivity index (χ0) is 27.0. The lowest BCUT2D eigenvalue weighted by Gasteiger charge is -2.33. The molecule has 2 aromatic rings. The highest BCUT2D eigenvalue weighted by Gasteiger charge is 2.32. The molecule has 0 aromatic heterocycles. The summed E-state index contributed by atoms with van der Waals surface area (Å²) in [7, 11) is -2.46. The van der Waals surface area contributed by atoms with Crippen LogP contribution in [0.15, 0.2) is 42.5 Å². The van der Waals surface area contributed by atoms with Crippen LogP contribution in [0.1, 0.15) is 32.8 Å². The predicted octanol–water partition coefficient (Wildman–Crippen LogP) is 4.35. The number of hydrogen-bond acceptors (Lipinski definition) is 5. The second-order valence-electron chi connectivity index (χ2n) is 8.76. The van der Waals surface area contributed by atoms with Crippen LogP contribution in [-0.4, -0.2) is 57.6 Å². The van der Waals surface area contributed by atoms with Gasteiger partial charge in [-0.3, -0.25) is 13.9 Å². The van der Waals surface area contributed by atoms with E-state index in [1.165, 1.54) is 12.0 Å². The Morgan fingerprint density at radius 2 is 1.78 bits per heavy atom. The summed E-state index contributed by atoms with van der Waals surface area (Å²) in [6.45, 7) is 5.63. The van der Waals surface area contributed by atoms with Crippen molar-refractivity contribution >= 4 is 50.7 Å². The normalized spacial score (nSPS) is 12.2. The summed E-state index contributed by atoms with van der Waals surface area (Å²) in [4.78, 5) is 28.2. The molecule has 11 heteroatoms. The van der Waals surface area contributed by atoms with E-state index in [-0.39, 0.29) is 24.1 Å². The molecule has 0 spiro atoms. The maximum absolute atomic E-state index is 13.7. The van der Waals surface area contributed by atoms with Gasteiger partial charge in [-0.05, 0) is 42.2 Å². The molecule has 2 aromatic carbocycles. The fraction of sp³-hybridized carbons (Fsp3) is 0.440. The summed E-state index contributed by atoms with van der Waals surface area (Å²) in [5.41, 5.74) is 0.797. The molecule has 0 aliphatic heterocycles. The molecule has 0 aliphatic rings. The first-order valence-corrected chi connectivity index (χ1v) is 14.1. The van der Waals surface area contributed by atoms with Gasteiger partial charge in [0.15, 0.2) is 0 Å². The number of hydrogen-bond donors (Lipinski definition) is 1. The number of para-hydroxylation sites is 2. The number of ether oxygens (including phenoxy) is 1. The van der Waals surface area contributed by atoms with Gasteiger partial charge >= 0.3 is 0 Å². The molecule has 0 unspecified atom stereocenters. The van der Waals surface area contributed by atoms with Crippen LogP contribution < -0.4 is 14.4 Å². The third-order valence-corrected chi connectivity index (χ3v) is 7.17. The van der Waals surface area contributed by atoms with Gasteiger partial charge in [-0.2, -0.15) is 0 Å². The second kappa shape index (κ2) is 13.2. The fourth-order valence-corrected chi connectivity index (χ4v) is 4.93. The van der Waals surface area contributed by atoms with E-state index >= 15 is 0 Å². The van der Waals surface area contributed by atoms with E-state index in [1.54, 1.807) is 49.4 Å². The highest BCUT2D eigenvalue weighted by molar-refractivity contribution is 7.92. The predicted molar refractivity (Wildman–Crippen MR) is 144 cm³/mol. The van der Waals surface area contributed by atoms with Crippen LogP contribution in [0.5, 0.6) is 5.75 Å². The number of anilines is 1. The number of sulfonamides is 1. The van der Waals surface area contributed by atoms with Crippen molar-refractivity contribution in [3.05, 3.63) is 58.1 Å². The number of benzene rings is 2. The monoisotopic (exact) mass is 557 g/mol. The molecule has 36 heavy (non-hydrogen) atoms. The van der Waals surface area contributed by atoms with E-state index in [1.807, 2.05) is 13.8 Å². The molecule has 0 aliphatic carbocycles. The molecule has 0 saturated heterocycles. The SMILES string of the molecule is CC[C@@H](C(=O)NCC(C)C)N(Cc1ccc(Cl)cc1Cl)C(=O)CN(c1ccccc1OC)S(C)(=O)=O. The second-order valence-corrected chi connectivity index (χ2v) is 11.5. The van der Waals surface area contributed by atoms with Gasteiger partial charge in [-0.15, -0.1) is 0 Å². The molecule has 8 nitrogen and oxygen atoms in total. The van der Waals surface area contributed by atoms with Crippen molar-refractivity contribution in [2.45, 2.75) is 39.8 Å². The molecule has 2 amide bonds. The van der Waals surface area contributed by atoms with Gasteiger partial charge in [-0.1, -0.05) is 62.2 Å². The van der Waals surface area contributed by atoms with Crippen LogP contribution >= 0.6 is 23.2 Å².